The Kier molecular flexibility index (Phi) is 3.21. The molecule has 0 spiro atoms. The van der Waals surface area contributed by atoms with Crippen LogP contribution in [-0.2, 0) is 0 Å². The van der Waals surface area contributed by atoms with Crippen LogP contribution in [0.3, 0.4) is 0 Å². The van der Waals surface area contributed by atoms with Crippen LogP contribution in [-0.4, -0.2) is 27.2 Å². The minimum atomic E-state index is 0.0740. The monoisotopic (exact) mass is 219 g/mol. The van der Waals surface area contributed by atoms with E-state index in [1.807, 2.05) is 14.0 Å². The zero-order chi connectivity index (χ0) is 11.4. The van der Waals surface area contributed by atoms with Crippen LogP contribution in [0.15, 0.2) is 23.0 Å². The third kappa shape index (κ3) is 2.06. The second kappa shape index (κ2) is 4.80. The minimum absolute atomic E-state index is 0.0740. The molecule has 0 saturated carbocycles. The molecule has 0 amide bonds. The fourth-order valence-corrected chi connectivity index (χ4v) is 1.38. The van der Waals surface area contributed by atoms with Crippen LogP contribution in [0.4, 0.5) is 0 Å². The summed E-state index contributed by atoms with van der Waals surface area (Å²) in [7, 11) is 1.86. The molecule has 2 heterocycles. The molecule has 6 heteroatoms. The molecule has 0 saturated heterocycles. The molecule has 1 atom stereocenters. The van der Waals surface area contributed by atoms with E-state index in [1.54, 1.807) is 18.5 Å². The molecule has 84 valence electrons. The van der Waals surface area contributed by atoms with Crippen molar-refractivity contribution in [3.63, 3.8) is 0 Å². The van der Waals surface area contributed by atoms with E-state index in [9.17, 15) is 0 Å². The van der Waals surface area contributed by atoms with Crippen molar-refractivity contribution in [3.8, 4) is 11.6 Å². The normalized spacial score (nSPS) is 12.6. The lowest BCUT2D eigenvalue weighted by atomic mass is 10.2. The Morgan fingerprint density at radius 1 is 1.31 bits per heavy atom. The smallest absolute Gasteiger partial charge is 0.244 e. The Morgan fingerprint density at radius 2 is 2.06 bits per heavy atom. The van der Waals surface area contributed by atoms with Crippen LogP contribution >= 0.6 is 0 Å². The van der Waals surface area contributed by atoms with Gasteiger partial charge in [-0.1, -0.05) is 12.1 Å². The topological polar surface area (TPSA) is 76.7 Å². The van der Waals surface area contributed by atoms with Crippen LogP contribution < -0.4 is 5.32 Å². The number of nitrogens with zero attached hydrogens (tertiary/aromatic N) is 4. The van der Waals surface area contributed by atoms with Gasteiger partial charge in [-0.15, -0.1) is 0 Å². The zero-order valence-electron chi connectivity index (χ0n) is 9.21. The molecule has 1 unspecified atom stereocenters. The summed E-state index contributed by atoms with van der Waals surface area (Å²) < 4.78 is 5.16. The van der Waals surface area contributed by atoms with Gasteiger partial charge in [0.15, 0.2) is 0 Å². The molecule has 0 bridgehead atoms. The maximum Gasteiger partial charge on any atom is 0.244 e. The number of aromatic nitrogens is 4. The van der Waals surface area contributed by atoms with E-state index in [4.69, 9.17) is 4.52 Å². The molecule has 6 nitrogen and oxygen atoms in total. The molecule has 2 rings (SSSR count). The van der Waals surface area contributed by atoms with Gasteiger partial charge in [0.25, 0.3) is 0 Å². The van der Waals surface area contributed by atoms with Gasteiger partial charge in [-0.25, -0.2) is 9.97 Å². The van der Waals surface area contributed by atoms with Crippen molar-refractivity contribution in [2.24, 2.45) is 0 Å². The first-order valence-electron chi connectivity index (χ1n) is 5.13. The van der Waals surface area contributed by atoms with Crippen molar-refractivity contribution in [1.29, 1.82) is 0 Å². The highest BCUT2D eigenvalue weighted by molar-refractivity contribution is 5.40. The number of rotatable bonds is 4. The lowest BCUT2D eigenvalue weighted by Gasteiger charge is -2.06. The lowest BCUT2D eigenvalue weighted by molar-refractivity contribution is 0.334. The second-order valence-electron chi connectivity index (χ2n) is 3.28. The van der Waals surface area contributed by atoms with E-state index in [2.05, 4.69) is 25.4 Å². The van der Waals surface area contributed by atoms with Crippen molar-refractivity contribution in [1.82, 2.24) is 25.4 Å². The van der Waals surface area contributed by atoms with Gasteiger partial charge in [0.1, 0.15) is 0 Å². The lowest BCUT2D eigenvalue weighted by Crippen LogP contribution is -2.15. The molecule has 2 aromatic heterocycles. The van der Waals surface area contributed by atoms with Gasteiger partial charge >= 0.3 is 0 Å². The number of hydrogen-bond donors (Lipinski definition) is 1. The molecule has 0 radical (unpaired) electrons. The molecular formula is C10H13N5O. The van der Waals surface area contributed by atoms with Crippen LogP contribution in [0.2, 0.25) is 0 Å². The highest BCUT2D eigenvalue weighted by Gasteiger charge is 2.16. The summed E-state index contributed by atoms with van der Waals surface area (Å²) in [5.74, 6) is 1.46. The molecule has 0 aliphatic heterocycles. The van der Waals surface area contributed by atoms with Gasteiger partial charge in [0, 0.05) is 12.4 Å². The quantitative estimate of drug-likeness (QED) is 0.832. The molecule has 0 aliphatic rings. The third-order valence-electron chi connectivity index (χ3n) is 2.26. The van der Waals surface area contributed by atoms with Gasteiger partial charge < -0.3 is 9.84 Å². The molecule has 0 aromatic carbocycles. The Labute approximate surface area is 93.1 Å². The van der Waals surface area contributed by atoms with Crippen molar-refractivity contribution >= 4 is 0 Å². The average molecular weight is 219 g/mol. The molecule has 16 heavy (non-hydrogen) atoms. The van der Waals surface area contributed by atoms with Crippen LogP contribution in [0.1, 0.15) is 25.3 Å². The summed E-state index contributed by atoms with van der Waals surface area (Å²) in [4.78, 5) is 12.4. The third-order valence-corrected chi connectivity index (χ3v) is 2.26. The zero-order valence-corrected chi connectivity index (χ0v) is 9.21. The van der Waals surface area contributed by atoms with E-state index < -0.39 is 0 Å². The predicted octanol–water partition coefficient (Wildman–Crippen LogP) is 1.20. The summed E-state index contributed by atoms with van der Waals surface area (Å²) in [6, 6.07) is 1.82. The Balaban J connectivity index is 2.26. The van der Waals surface area contributed by atoms with Gasteiger partial charge in [0.05, 0.1) is 6.04 Å². The van der Waals surface area contributed by atoms with Crippen molar-refractivity contribution in [2.75, 3.05) is 7.05 Å². The minimum Gasteiger partial charge on any atom is -0.337 e. The second-order valence-corrected chi connectivity index (χ2v) is 3.28. The van der Waals surface area contributed by atoms with E-state index in [0.717, 1.165) is 6.42 Å². The Morgan fingerprint density at radius 3 is 2.69 bits per heavy atom. The van der Waals surface area contributed by atoms with Crippen LogP contribution in [0, 0.1) is 0 Å². The highest BCUT2D eigenvalue weighted by Crippen LogP contribution is 2.16. The fourth-order valence-electron chi connectivity index (χ4n) is 1.38. The summed E-state index contributed by atoms with van der Waals surface area (Å²) in [5.41, 5.74) is 0. The van der Waals surface area contributed by atoms with Gasteiger partial charge in [-0.3, -0.25) is 0 Å². The SMILES string of the molecule is CCC(NC)c1nc(-c2ncccn2)no1. The summed E-state index contributed by atoms with van der Waals surface area (Å²) in [6.07, 6.45) is 4.18. The average Bonchev–Trinajstić information content (AvgIpc) is 2.81. The maximum atomic E-state index is 5.16. The van der Waals surface area contributed by atoms with Gasteiger partial charge in [-0.05, 0) is 19.5 Å². The van der Waals surface area contributed by atoms with Crippen LogP contribution in [0.25, 0.3) is 11.6 Å². The molecule has 1 N–H and O–H groups in total. The Hall–Kier alpha value is -1.82. The first-order valence-corrected chi connectivity index (χ1v) is 5.13. The molecule has 2 aromatic rings. The summed E-state index contributed by atoms with van der Waals surface area (Å²) >= 11 is 0. The van der Waals surface area contributed by atoms with Gasteiger partial charge in [0.2, 0.25) is 17.5 Å². The predicted molar refractivity (Wildman–Crippen MR) is 57.4 cm³/mol. The van der Waals surface area contributed by atoms with E-state index in [0.29, 0.717) is 17.5 Å². The Bertz CT molecular complexity index is 437. The van der Waals surface area contributed by atoms with Gasteiger partial charge in [-0.2, -0.15) is 4.98 Å². The van der Waals surface area contributed by atoms with E-state index >= 15 is 0 Å². The number of hydrogen-bond acceptors (Lipinski definition) is 6. The highest BCUT2D eigenvalue weighted by atomic mass is 16.5. The standard InChI is InChI=1S/C10H13N5O/c1-3-7(11-2)10-14-9(15-16-10)8-12-5-4-6-13-8/h4-7,11H,3H2,1-2H3. The first kappa shape index (κ1) is 10.7. The number of nitrogens with one attached hydrogen (secondary N) is 1. The summed E-state index contributed by atoms with van der Waals surface area (Å²) in [5, 5.41) is 6.95. The van der Waals surface area contributed by atoms with E-state index in [1.165, 1.54) is 0 Å². The molecule has 0 aliphatic carbocycles. The van der Waals surface area contributed by atoms with Crippen LogP contribution in [0.5, 0.6) is 0 Å². The van der Waals surface area contributed by atoms with Crippen molar-refractivity contribution < 1.29 is 4.52 Å². The fraction of sp³-hybridized carbons (Fsp3) is 0.400. The first-order chi connectivity index (χ1) is 7.85. The largest absolute Gasteiger partial charge is 0.337 e. The molecular weight excluding hydrogens is 206 g/mol. The van der Waals surface area contributed by atoms with E-state index in [-0.39, 0.29) is 6.04 Å². The maximum absolute atomic E-state index is 5.16. The van der Waals surface area contributed by atoms with Crippen molar-refractivity contribution in [2.45, 2.75) is 19.4 Å². The summed E-state index contributed by atoms with van der Waals surface area (Å²) in [6.45, 7) is 2.05. The van der Waals surface area contributed by atoms with Crippen molar-refractivity contribution in [3.05, 3.63) is 24.4 Å². The molecule has 0 fully saturated rings.